The van der Waals surface area contributed by atoms with Crippen LogP contribution in [0.2, 0.25) is 0 Å². The van der Waals surface area contributed by atoms with Crippen LogP contribution in [0.5, 0.6) is 0 Å². The van der Waals surface area contributed by atoms with Gasteiger partial charge in [-0.1, -0.05) is 25.3 Å². The van der Waals surface area contributed by atoms with E-state index < -0.39 is 5.60 Å². The molecule has 2 rings (SSSR count). The number of thiophene rings is 1. The van der Waals surface area contributed by atoms with Crippen molar-refractivity contribution < 1.29 is 5.11 Å². The fourth-order valence-corrected chi connectivity index (χ4v) is 2.89. The van der Waals surface area contributed by atoms with Gasteiger partial charge in [0.2, 0.25) is 0 Å². The second kappa shape index (κ2) is 5.10. The molecule has 1 aliphatic rings. The van der Waals surface area contributed by atoms with E-state index in [0.29, 0.717) is 0 Å². The highest BCUT2D eigenvalue weighted by Crippen LogP contribution is 2.27. The lowest BCUT2D eigenvalue weighted by molar-refractivity contribution is 0.00472. The van der Waals surface area contributed by atoms with Gasteiger partial charge < -0.3 is 10.4 Å². The van der Waals surface area contributed by atoms with E-state index in [1.807, 2.05) is 0 Å². The predicted molar refractivity (Wildman–Crippen MR) is 64.1 cm³/mol. The highest BCUT2D eigenvalue weighted by Gasteiger charge is 2.28. The van der Waals surface area contributed by atoms with E-state index >= 15 is 0 Å². The molecule has 0 bridgehead atoms. The summed E-state index contributed by atoms with van der Waals surface area (Å²) in [4.78, 5) is 1.34. The normalized spacial score (nSPS) is 20.3. The molecule has 0 amide bonds. The van der Waals surface area contributed by atoms with Crippen molar-refractivity contribution in [2.24, 2.45) is 0 Å². The van der Waals surface area contributed by atoms with Crippen LogP contribution >= 0.6 is 11.3 Å². The lowest BCUT2D eigenvalue weighted by Gasteiger charge is -2.32. The summed E-state index contributed by atoms with van der Waals surface area (Å²) >= 11 is 1.76. The van der Waals surface area contributed by atoms with Crippen molar-refractivity contribution in [1.29, 1.82) is 0 Å². The molecule has 1 heterocycles. The minimum absolute atomic E-state index is 0.435. The van der Waals surface area contributed by atoms with E-state index in [9.17, 15) is 5.11 Å². The van der Waals surface area contributed by atoms with E-state index in [0.717, 1.165) is 25.9 Å². The summed E-state index contributed by atoms with van der Waals surface area (Å²) < 4.78 is 0. The first-order valence-corrected chi connectivity index (χ1v) is 6.62. The van der Waals surface area contributed by atoms with Crippen molar-refractivity contribution in [1.82, 2.24) is 5.32 Å². The van der Waals surface area contributed by atoms with Crippen molar-refractivity contribution in [2.45, 2.75) is 44.2 Å². The summed E-state index contributed by atoms with van der Waals surface area (Å²) in [5.74, 6) is 0. The molecular weight excluding hydrogens is 206 g/mol. The standard InChI is InChI=1S/C12H19NOS/c14-12(6-2-1-3-7-12)10-13-9-11-5-4-8-15-11/h4-5,8,13-14H,1-3,6-7,9-10H2. The fraction of sp³-hybridized carbons (Fsp3) is 0.667. The Morgan fingerprint density at radius 2 is 2.13 bits per heavy atom. The minimum atomic E-state index is -0.435. The third kappa shape index (κ3) is 3.30. The first kappa shape index (κ1) is 11.1. The molecule has 0 atom stereocenters. The van der Waals surface area contributed by atoms with Crippen LogP contribution in [0.15, 0.2) is 17.5 Å². The van der Waals surface area contributed by atoms with E-state index in [4.69, 9.17) is 0 Å². The molecule has 0 spiro atoms. The number of aliphatic hydroxyl groups is 1. The number of hydrogen-bond donors (Lipinski definition) is 2. The number of nitrogens with one attached hydrogen (secondary N) is 1. The van der Waals surface area contributed by atoms with Crippen LogP contribution in [0.25, 0.3) is 0 Å². The minimum Gasteiger partial charge on any atom is -0.389 e. The molecule has 0 radical (unpaired) electrons. The van der Waals surface area contributed by atoms with Crippen molar-refractivity contribution in [3.63, 3.8) is 0 Å². The molecule has 1 fully saturated rings. The first-order valence-electron chi connectivity index (χ1n) is 5.74. The van der Waals surface area contributed by atoms with Crippen molar-refractivity contribution >= 4 is 11.3 Å². The Balaban J connectivity index is 1.72. The first-order chi connectivity index (χ1) is 7.29. The zero-order valence-electron chi connectivity index (χ0n) is 9.04. The van der Waals surface area contributed by atoms with Gasteiger partial charge in [0.15, 0.2) is 0 Å². The summed E-state index contributed by atoms with van der Waals surface area (Å²) in [5, 5.41) is 15.7. The number of rotatable bonds is 4. The Kier molecular flexibility index (Phi) is 3.78. The maximum absolute atomic E-state index is 10.2. The average molecular weight is 225 g/mol. The van der Waals surface area contributed by atoms with Gasteiger partial charge in [0.05, 0.1) is 5.60 Å². The van der Waals surface area contributed by atoms with E-state index in [2.05, 4.69) is 22.8 Å². The van der Waals surface area contributed by atoms with Crippen LogP contribution in [0.4, 0.5) is 0 Å². The SMILES string of the molecule is OC1(CNCc2cccs2)CCCCC1. The molecule has 2 nitrogen and oxygen atoms in total. The van der Waals surface area contributed by atoms with Crippen molar-refractivity contribution in [3.8, 4) is 0 Å². The molecule has 1 aromatic rings. The zero-order valence-corrected chi connectivity index (χ0v) is 9.85. The molecule has 1 aromatic heterocycles. The predicted octanol–water partition coefficient (Wildman–Crippen LogP) is 2.53. The molecular formula is C12H19NOS. The fourth-order valence-electron chi connectivity index (χ4n) is 2.22. The maximum atomic E-state index is 10.2. The monoisotopic (exact) mass is 225 g/mol. The van der Waals surface area contributed by atoms with E-state index in [1.165, 1.54) is 24.1 Å². The Bertz CT molecular complexity index is 278. The molecule has 0 unspecified atom stereocenters. The second-order valence-corrected chi connectivity index (χ2v) is 5.50. The average Bonchev–Trinajstić information content (AvgIpc) is 2.71. The Hall–Kier alpha value is -0.380. The van der Waals surface area contributed by atoms with Gasteiger partial charge >= 0.3 is 0 Å². The van der Waals surface area contributed by atoms with Crippen LogP contribution in [-0.4, -0.2) is 17.3 Å². The molecule has 0 aromatic carbocycles. The highest BCUT2D eigenvalue weighted by molar-refractivity contribution is 7.09. The van der Waals surface area contributed by atoms with E-state index in [-0.39, 0.29) is 0 Å². The van der Waals surface area contributed by atoms with Gasteiger partial charge in [-0.25, -0.2) is 0 Å². The van der Waals surface area contributed by atoms with Crippen LogP contribution in [0.3, 0.4) is 0 Å². The van der Waals surface area contributed by atoms with Crippen LogP contribution in [-0.2, 0) is 6.54 Å². The van der Waals surface area contributed by atoms with Gasteiger partial charge in [-0.05, 0) is 24.3 Å². The largest absolute Gasteiger partial charge is 0.389 e. The lowest BCUT2D eigenvalue weighted by atomic mass is 9.85. The molecule has 0 aliphatic heterocycles. The Morgan fingerprint density at radius 1 is 1.33 bits per heavy atom. The van der Waals surface area contributed by atoms with Crippen molar-refractivity contribution in [2.75, 3.05) is 6.54 Å². The van der Waals surface area contributed by atoms with Gasteiger partial charge in [0.25, 0.3) is 0 Å². The molecule has 1 aliphatic carbocycles. The summed E-state index contributed by atoms with van der Waals surface area (Å²) in [6.07, 6.45) is 5.57. The van der Waals surface area contributed by atoms with Gasteiger partial charge in [-0.3, -0.25) is 0 Å². The lowest BCUT2D eigenvalue weighted by Crippen LogP contribution is -2.41. The summed E-state index contributed by atoms with van der Waals surface area (Å²) in [6, 6.07) is 4.19. The molecule has 15 heavy (non-hydrogen) atoms. The van der Waals surface area contributed by atoms with E-state index in [1.54, 1.807) is 11.3 Å². The maximum Gasteiger partial charge on any atom is 0.0771 e. The molecule has 2 N–H and O–H groups in total. The van der Waals surface area contributed by atoms with Gasteiger partial charge in [-0.15, -0.1) is 11.3 Å². The molecule has 84 valence electrons. The Labute approximate surface area is 95.3 Å². The van der Waals surface area contributed by atoms with Crippen LogP contribution in [0.1, 0.15) is 37.0 Å². The van der Waals surface area contributed by atoms with Gasteiger partial charge in [0, 0.05) is 18.0 Å². The highest BCUT2D eigenvalue weighted by atomic mass is 32.1. The third-order valence-corrected chi connectivity index (χ3v) is 3.99. The number of hydrogen-bond acceptors (Lipinski definition) is 3. The molecule has 0 saturated heterocycles. The van der Waals surface area contributed by atoms with Gasteiger partial charge in [-0.2, -0.15) is 0 Å². The van der Waals surface area contributed by atoms with Gasteiger partial charge in [0.1, 0.15) is 0 Å². The summed E-state index contributed by atoms with van der Waals surface area (Å²) in [6.45, 7) is 1.63. The Morgan fingerprint density at radius 3 is 2.80 bits per heavy atom. The molecule has 1 saturated carbocycles. The smallest absolute Gasteiger partial charge is 0.0771 e. The summed E-state index contributed by atoms with van der Waals surface area (Å²) in [5.41, 5.74) is -0.435. The zero-order chi connectivity index (χ0) is 10.6. The van der Waals surface area contributed by atoms with Crippen molar-refractivity contribution in [3.05, 3.63) is 22.4 Å². The van der Waals surface area contributed by atoms with Crippen LogP contribution in [0, 0.1) is 0 Å². The molecule has 3 heteroatoms. The van der Waals surface area contributed by atoms with Crippen LogP contribution < -0.4 is 5.32 Å². The quantitative estimate of drug-likeness (QED) is 0.825. The topological polar surface area (TPSA) is 32.3 Å². The second-order valence-electron chi connectivity index (χ2n) is 4.47. The summed E-state index contributed by atoms with van der Waals surface area (Å²) in [7, 11) is 0. The third-order valence-electron chi connectivity index (χ3n) is 3.12.